The van der Waals surface area contributed by atoms with Gasteiger partial charge in [-0.25, -0.2) is 4.79 Å². The van der Waals surface area contributed by atoms with Gasteiger partial charge in [0.15, 0.2) is 5.78 Å². The Hall–Kier alpha value is -2.89. The number of para-hydroxylation sites is 1. The number of hydrogen-bond donors (Lipinski definition) is 2. The molecule has 0 bridgehead atoms. The minimum atomic E-state index is -1.08. The van der Waals surface area contributed by atoms with Crippen LogP contribution in [0.5, 0.6) is 0 Å². The highest BCUT2D eigenvalue weighted by atomic mass is 16.4. The van der Waals surface area contributed by atoms with Gasteiger partial charge in [-0.15, -0.1) is 0 Å². The van der Waals surface area contributed by atoms with Crippen LogP contribution in [0, 0.1) is 5.41 Å². The standard InChI is InChI=1S/C15H21NO.C9H10O4/c1-2-8-15(17)13-9-4-5-10-14(13)16-11-6-3-7-12-16;1-9(8(12)13)4-2-3-6(5-9)7(10)11/h4-5,9-10H,2-3,6-8,11-12H2,1H3;2-4H,5H2,1H3,(H,10,11)(H,12,13). The number of carbonyl (C=O) groups excluding carboxylic acids is 1. The molecule has 1 saturated heterocycles. The Morgan fingerprint density at radius 2 is 1.73 bits per heavy atom. The van der Waals surface area contributed by atoms with E-state index in [4.69, 9.17) is 10.2 Å². The maximum absolute atomic E-state index is 12.1. The Morgan fingerprint density at radius 1 is 1.07 bits per heavy atom. The number of rotatable bonds is 6. The van der Waals surface area contributed by atoms with Crippen LogP contribution in [-0.4, -0.2) is 41.0 Å². The molecule has 1 heterocycles. The molecule has 1 aliphatic carbocycles. The minimum Gasteiger partial charge on any atom is -0.481 e. The second kappa shape index (κ2) is 10.8. The van der Waals surface area contributed by atoms with Crippen molar-refractivity contribution in [3.8, 4) is 0 Å². The highest BCUT2D eigenvalue weighted by molar-refractivity contribution is 6.01. The molecule has 30 heavy (non-hydrogen) atoms. The zero-order chi connectivity index (χ0) is 22.1. The molecule has 6 heteroatoms. The van der Waals surface area contributed by atoms with Gasteiger partial charge in [0.1, 0.15) is 0 Å². The average molecular weight is 414 g/mol. The molecule has 2 N–H and O–H groups in total. The van der Waals surface area contributed by atoms with Crippen molar-refractivity contribution in [1.29, 1.82) is 0 Å². The summed E-state index contributed by atoms with van der Waals surface area (Å²) in [7, 11) is 0. The van der Waals surface area contributed by atoms with Gasteiger partial charge in [-0.3, -0.25) is 9.59 Å². The summed E-state index contributed by atoms with van der Waals surface area (Å²) in [6.07, 6.45) is 9.83. The molecule has 0 amide bonds. The highest BCUT2D eigenvalue weighted by Crippen LogP contribution is 2.31. The fourth-order valence-electron chi connectivity index (χ4n) is 3.67. The van der Waals surface area contributed by atoms with Crippen LogP contribution in [0.1, 0.15) is 62.7 Å². The molecule has 1 aromatic carbocycles. The van der Waals surface area contributed by atoms with Crippen molar-refractivity contribution >= 4 is 23.4 Å². The summed E-state index contributed by atoms with van der Waals surface area (Å²) < 4.78 is 0. The van der Waals surface area contributed by atoms with Crippen molar-refractivity contribution < 1.29 is 24.6 Å². The lowest BCUT2D eigenvalue weighted by molar-refractivity contribution is -0.145. The second-order valence-electron chi connectivity index (χ2n) is 7.99. The van der Waals surface area contributed by atoms with Crippen molar-refractivity contribution in [3.05, 3.63) is 53.6 Å². The lowest BCUT2D eigenvalue weighted by Crippen LogP contribution is -2.30. The number of allylic oxidation sites excluding steroid dienone is 2. The highest BCUT2D eigenvalue weighted by Gasteiger charge is 2.34. The predicted molar refractivity (Wildman–Crippen MR) is 117 cm³/mol. The maximum Gasteiger partial charge on any atom is 0.331 e. The fourth-order valence-corrected chi connectivity index (χ4v) is 3.67. The van der Waals surface area contributed by atoms with Crippen LogP contribution in [0.3, 0.4) is 0 Å². The molecule has 1 aliphatic heterocycles. The smallest absolute Gasteiger partial charge is 0.331 e. The van der Waals surface area contributed by atoms with Gasteiger partial charge in [-0.2, -0.15) is 0 Å². The van der Waals surface area contributed by atoms with Crippen molar-refractivity contribution in [3.63, 3.8) is 0 Å². The summed E-state index contributed by atoms with van der Waals surface area (Å²) in [6, 6.07) is 8.07. The number of carboxylic acids is 2. The molecule has 0 saturated carbocycles. The van der Waals surface area contributed by atoms with Crippen LogP contribution < -0.4 is 4.90 Å². The molecule has 1 fully saturated rings. The summed E-state index contributed by atoms with van der Waals surface area (Å²) in [5.41, 5.74) is 1.11. The monoisotopic (exact) mass is 413 g/mol. The molecule has 1 aromatic rings. The first kappa shape index (κ1) is 23.4. The SMILES string of the molecule is CC1(C(=O)O)C=CC=C(C(=O)O)C1.CCCC(=O)c1ccccc1N1CCCCC1. The van der Waals surface area contributed by atoms with Gasteiger partial charge in [-0.1, -0.05) is 37.3 Å². The molecule has 0 spiro atoms. The van der Waals surface area contributed by atoms with E-state index in [2.05, 4.69) is 17.9 Å². The van der Waals surface area contributed by atoms with E-state index in [0.29, 0.717) is 6.42 Å². The predicted octanol–water partition coefficient (Wildman–Crippen LogP) is 4.71. The molecular formula is C24H31NO5. The summed E-state index contributed by atoms with van der Waals surface area (Å²) in [5, 5.41) is 17.5. The minimum absolute atomic E-state index is 0.0359. The number of ketones is 1. The van der Waals surface area contributed by atoms with Crippen LogP contribution in [0.2, 0.25) is 0 Å². The Labute approximate surface area is 177 Å². The fraction of sp³-hybridized carbons (Fsp3) is 0.458. The van der Waals surface area contributed by atoms with Gasteiger partial charge in [0, 0.05) is 36.3 Å². The maximum atomic E-state index is 12.1. The molecular weight excluding hydrogens is 382 g/mol. The summed E-state index contributed by atoms with van der Waals surface area (Å²) in [6.45, 7) is 5.75. The first-order valence-corrected chi connectivity index (χ1v) is 10.5. The number of benzene rings is 1. The van der Waals surface area contributed by atoms with Crippen molar-refractivity contribution in [2.45, 2.75) is 52.4 Å². The molecule has 1 atom stereocenters. The van der Waals surface area contributed by atoms with Crippen molar-refractivity contribution in [1.82, 2.24) is 0 Å². The van der Waals surface area contributed by atoms with Crippen molar-refractivity contribution in [2.24, 2.45) is 5.41 Å². The lowest BCUT2D eigenvalue weighted by atomic mass is 9.80. The molecule has 6 nitrogen and oxygen atoms in total. The van der Waals surface area contributed by atoms with Crippen LogP contribution in [0.25, 0.3) is 0 Å². The number of carboxylic acid groups (broad SMARTS) is 2. The zero-order valence-electron chi connectivity index (χ0n) is 17.8. The van der Waals surface area contributed by atoms with E-state index in [0.717, 1.165) is 30.8 Å². The summed E-state index contributed by atoms with van der Waals surface area (Å²) >= 11 is 0. The molecule has 3 rings (SSSR count). The van der Waals surface area contributed by atoms with E-state index < -0.39 is 17.4 Å². The molecule has 0 radical (unpaired) electrons. The van der Waals surface area contributed by atoms with E-state index in [1.54, 1.807) is 0 Å². The second-order valence-corrected chi connectivity index (χ2v) is 7.99. The third-order valence-corrected chi connectivity index (χ3v) is 5.46. The van der Waals surface area contributed by atoms with E-state index in [1.165, 1.54) is 44.4 Å². The summed E-state index contributed by atoms with van der Waals surface area (Å²) in [5.74, 6) is -1.78. The van der Waals surface area contributed by atoms with Gasteiger partial charge in [0.25, 0.3) is 0 Å². The zero-order valence-corrected chi connectivity index (χ0v) is 17.8. The number of piperidine rings is 1. The number of Topliss-reactive ketones (excluding diaryl/α,β-unsaturated/α-hetero) is 1. The van der Waals surface area contributed by atoms with Gasteiger partial charge >= 0.3 is 11.9 Å². The third-order valence-electron chi connectivity index (χ3n) is 5.46. The normalized spacial score (nSPS) is 20.6. The molecule has 2 aliphatic rings. The van der Waals surface area contributed by atoms with Crippen LogP contribution in [-0.2, 0) is 9.59 Å². The Kier molecular flexibility index (Phi) is 8.39. The Bertz CT molecular complexity index is 836. The Morgan fingerprint density at radius 3 is 2.33 bits per heavy atom. The van der Waals surface area contributed by atoms with E-state index in [-0.39, 0.29) is 17.8 Å². The Balaban J connectivity index is 0.000000222. The molecule has 0 aromatic heterocycles. The third kappa shape index (κ3) is 6.05. The van der Waals surface area contributed by atoms with Crippen LogP contribution in [0.4, 0.5) is 5.69 Å². The van der Waals surface area contributed by atoms with Gasteiger partial charge in [-0.05, 0) is 51.2 Å². The quantitative estimate of drug-likeness (QED) is 0.656. The van der Waals surface area contributed by atoms with E-state index >= 15 is 0 Å². The molecule has 162 valence electrons. The van der Waals surface area contributed by atoms with Crippen molar-refractivity contribution in [2.75, 3.05) is 18.0 Å². The van der Waals surface area contributed by atoms with E-state index in [9.17, 15) is 14.4 Å². The van der Waals surface area contributed by atoms with Crippen LogP contribution >= 0.6 is 0 Å². The number of anilines is 1. The first-order chi connectivity index (χ1) is 14.3. The average Bonchev–Trinajstić information content (AvgIpc) is 2.75. The number of nitrogens with zero attached hydrogens (tertiary/aromatic N) is 1. The first-order valence-electron chi connectivity index (χ1n) is 10.5. The van der Waals surface area contributed by atoms with Gasteiger partial charge < -0.3 is 15.1 Å². The van der Waals surface area contributed by atoms with E-state index in [1.807, 2.05) is 18.2 Å². The van der Waals surface area contributed by atoms with Gasteiger partial charge in [0.2, 0.25) is 0 Å². The number of hydrogen-bond acceptors (Lipinski definition) is 4. The summed E-state index contributed by atoms with van der Waals surface area (Å²) in [4.78, 5) is 35.8. The largest absolute Gasteiger partial charge is 0.481 e. The topological polar surface area (TPSA) is 94.9 Å². The molecule has 1 unspecified atom stereocenters. The van der Waals surface area contributed by atoms with Gasteiger partial charge in [0.05, 0.1) is 5.41 Å². The van der Waals surface area contributed by atoms with Crippen LogP contribution in [0.15, 0.2) is 48.1 Å². The number of aliphatic carboxylic acids is 2. The number of carbonyl (C=O) groups is 3. The lowest BCUT2D eigenvalue weighted by Gasteiger charge is -2.30.